The normalized spacial score (nSPS) is 13.5. The van der Waals surface area contributed by atoms with Crippen molar-refractivity contribution in [2.45, 2.75) is 44.9 Å². The molecule has 1 aromatic carbocycles. The van der Waals surface area contributed by atoms with Crippen molar-refractivity contribution < 1.29 is 14.4 Å². The smallest absolute Gasteiger partial charge is 0.224 e. The van der Waals surface area contributed by atoms with E-state index in [4.69, 9.17) is 0 Å². The van der Waals surface area contributed by atoms with Crippen molar-refractivity contribution >= 4 is 34.6 Å². The average molecular weight is 399 g/mol. The molecule has 0 bridgehead atoms. The summed E-state index contributed by atoms with van der Waals surface area (Å²) in [5.41, 5.74) is 1.83. The van der Waals surface area contributed by atoms with E-state index in [9.17, 15) is 14.4 Å². The van der Waals surface area contributed by atoms with Gasteiger partial charge in [0.15, 0.2) is 5.78 Å². The van der Waals surface area contributed by atoms with Crippen molar-refractivity contribution in [3.8, 4) is 0 Å². The molecular formula is C22H26N2O3S. The van der Waals surface area contributed by atoms with Crippen LogP contribution in [0, 0.1) is 0 Å². The molecule has 5 nitrogen and oxygen atoms in total. The zero-order chi connectivity index (χ0) is 19.8. The monoisotopic (exact) mass is 398 g/mol. The number of nitrogens with one attached hydrogen (secondary N) is 1. The van der Waals surface area contributed by atoms with E-state index in [1.165, 1.54) is 11.3 Å². The lowest BCUT2D eigenvalue weighted by molar-refractivity contribution is -0.130. The average Bonchev–Trinajstić information content (AvgIpc) is 3.41. The van der Waals surface area contributed by atoms with Crippen molar-refractivity contribution in [1.82, 2.24) is 4.90 Å². The number of hydrogen-bond acceptors (Lipinski definition) is 4. The number of rotatable bonds is 9. The second-order valence-electron chi connectivity index (χ2n) is 7.09. The van der Waals surface area contributed by atoms with Crippen LogP contribution >= 0.6 is 11.3 Å². The highest BCUT2D eigenvalue weighted by atomic mass is 32.1. The van der Waals surface area contributed by atoms with Crippen LogP contribution in [0.4, 0.5) is 5.69 Å². The minimum absolute atomic E-state index is 0.0871. The lowest BCUT2D eigenvalue weighted by Crippen LogP contribution is -2.27. The Bertz CT molecular complexity index is 794. The van der Waals surface area contributed by atoms with Gasteiger partial charge in [-0.25, -0.2) is 0 Å². The van der Waals surface area contributed by atoms with Crippen LogP contribution in [0.25, 0.3) is 0 Å². The van der Waals surface area contributed by atoms with E-state index in [0.29, 0.717) is 32.1 Å². The summed E-state index contributed by atoms with van der Waals surface area (Å²) in [5.74, 6) is 0.235. The number of hydrogen-bond donors (Lipinski definition) is 1. The fourth-order valence-corrected chi connectivity index (χ4v) is 4.02. The summed E-state index contributed by atoms with van der Waals surface area (Å²) >= 11 is 1.43. The molecular weight excluding hydrogens is 372 g/mol. The lowest BCUT2D eigenvalue weighted by atomic mass is 10.1. The van der Waals surface area contributed by atoms with Crippen LogP contribution in [0.1, 0.15) is 53.8 Å². The number of carbonyl (C=O) groups is 3. The molecule has 0 atom stereocenters. The second-order valence-corrected chi connectivity index (χ2v) is 8.03. The molecule has 1 aliphatic heterocycles. The van der Waals surface area contributed by atoms with Crippen LogP contribution in [0.2, 0.25) is 0 Å². The van der Waals surface area contributed by atoms with Crippen LogP contribution in [-0.4, -0.2) is 35.6 Å². The molecule has 2 amide bonds. The number of carbonyl (C=O) groups excluding carboxylic acids is 3. The molecule has 6 heteroatoms. The Morgan fingerprint density at radius 1 is 0.964 bits per heavy atom. The maximum atomic E-state index is 12.1. The maximum Gasteiger partial charge on any atom is 0.224 e. The Morgan fingerprint density at radius 3 is 2.39 bits per heavy atom. The van der Waals surface area contributed by atoms with E-state index in [-0.39, 0.29) is 17.6 Å². The van der Waals surface area contributed by atoms with Crippen LogP contribution in [-0.2, 0) is 16.0 Å². The molecule has 1 aromatic heterocycles. The Hall–Kier alpha value is -2.47. The number of aryl methyl sites for hydroxylation is 1. The summed E-state index contributed by atoms with van der Waals surface area (Å²) in [5, 5.41) is 4.75. The van der Waals surface area contributed by atoms with Gasteiger partial charge in [0, 0.05) is 38.0 Å². The zero-order valence-electron chi connectivity index (χ0n) is 16.0. The highest BCUT2D eigenvalue weighted by Crippen LogP contribution is 2.16. The third-order valence-electron chi connectivity index (χ3n) is 4.93. The number of Topliss-reactive ketones (excluding diaryl/α,β-unsaturated/α-hetero) is 1. The Kier molecular flexibility index (Phi) is 7.37. The number of nitrogens with zero attached hydrogens (tertiary/aromatic N) is 1. The third-order valence-corrected chi connectivity index (χ3v) is 5.84. The van der Waals surface area contributed by atoms with Gasteiger partial charge in [-0.05, 0) is 54.8 Å². The summed E-state index contributed by atoms with van der Waals surface area (Å²) in [4.78, 5) is 38.8. The molecule has 148 valence electrons. The predicted molar refractivity (Wildman–Crippen MR) is 112 cm³/mol. The highest BCUT2D eigenvalue weighted by molar-refractivity contribution is 7.12. The second kappa shape index (κ2) is 10.2. The molecule has 2 aromatic rings. The van der Waals surface area contributed by atoms with Crippen molar-refractivity contribution in [3.63, 3.8) is 0 Å². The maximum absolute atomic E-state index is 12.1. The molecule has 2 heterocycles. The van der Waals surface area contributed by atoms with Gasteiger partial charge in [0.25, 0.3) is 0 Å². The van der Waals surface area contributed by atoms with E-state index >= 15 is 0 Å². The number of ketones is 1. The van der Waals surface area contributed by atoms with Gasteiger partial charge in [0.05, 0.1) is 4.88 Å². The van der Waals surface area contributed by atoms with E-state index < -0.39 is 0 Å². The standard InChI is InChI=1S/C22H26N2O3S/c25-19(20-6-4-16-28-20)5-3-7-21(26)23-18-11-8-17(9-12-18)10-13-22(27)24-14-1-2-15-24/h4,6,8-9,11-12,16H,1-3,5,7,10,13-15H2,(H,23,26). The first kappa shape index (κ1) is 20.3. The molecule has 28 heavy (non-hydrogen) atoms. The number of benzene rings is 1. The fourth-order valence-electron chi connectivity index (χ4n) is 3.32. The third kappa shape index (κ3) is 6.02. The molecule has 0 saturated carbocycles. The van der Waals surface area contributed by atoms with Crippen LogP contribution in [0.15, 0.2) is 41.8 Å². The molecule has 0 spiro atoms. The number of anilines is 1. The Balaban J connectivity index is 1.36. The number of likely N-dealkylation sites (tertiary alicyclic amines) is 1. The first-order chi connectivity index (χ1) is 13.6. The SMILES string of the molecule is O=C(CCCC(=O)c1cccs1)Nc1ccc(CCC(=O)N2CCCC2)cc1. The van der Waals surface area contributed by atoms with Crippen LogP contribution in [0.5, 0.6) is 0 Å². The summed E-state index contributed by atoms with van der Waals surface area (Å²) in [6.07, 6.45) is 4.73. The Morgan fingerprint density at radius 2 is 1.71 bits per heavy atom. The highest BCUT2D eigenvalue weighted by Gasteiger charge is 2.17. The first-order valence-corrected chi connectivity index (χ1v) is 10.7. The van der Waals surface area contributed by atoms with Crippen LogP contribution < -0.4 is 5.32 Å². The van der Waals surface area contributed by atoms with E-state index in [0.717, 1.165) is 42.1 Å². The van der Waals surface area contributed by atoms with Gasteiger partial charge in [-0.1, -0.05) is 18.2 Å². The van der Waals surface area contributed by atoms with Gasteiger partial charge in [0.2, 0.25) is 11.8 Å². The van der Waals surface area contributed by atoms with E-state index in [1.54, 1.807) is 0 Å². The summed E-state index contributed by atoms with van der Waals surface area (Å²) < 4.78 is 0. The van der Waals surface area contributed by atoms with Gasteiger partial charge < -0.3 is 10.2 Å². The minimum atomic E-state index is -0.0871. The van der Waals surface area contributed by atoms with Gasteiger partial charge in [-0.2, -0.15) is 0 Å². The zero-order valence-corrected chi connectivity index (χ0v) is 16.8. The molecule has 0 aliphatic carbocycles. The largest absolute Gasteiger partial charge is 0.343 e. The lowest BCUT2D eigenvalue weighted by Gasteiger charge is -2.15. The quantitative estimate of drug-likeness (QED) is 0.641. The van der Waals surface area contributed by atoms with E-state index in [2.05, 4.69) is 5.32 Å². The van der Waals surface area contributed by atoms with Crippen molar-refractivity contribution in [3.05, 3.63) is 52.2 Å². The van der Waals surface area contributed by atoms with Crippen LogP contribution in [0.3, 0.4) is 0 Å². The van der Waals surface area contributed by atoms with E-state index in [1.807, 2.05) is 46.7 Å². The topological polar surface area (TPSA) is 66.5 Å². The van der Waals surface area contributed by atoms with Gasteiger partial charge >= 0.3 is 0 Å². The first-order valence-electron chi connectivity index (χ1n) is 9.85. The summed E-state index contributed by atoms with van der Waals surface area (Å²) in [7, 11) is 0. The number of thiophene rings is 1. The summed E-state index contributed by atoms with van der Waals surface area (Å²) in [6, 6.07) is 11.3. The molecule has 3 rings (SSSR count). The van der Waals surface area contributed by atoms with Gasteiger partial charge in [0.1, 0.15) is 0 Å². The molecule has 1 N–H and O–H groups in total. The number of amides is 2. The van der Waals surface area contributed by atoms with Gasteiger partial charge in [-0.3, -0.25) is 14.4 Å². The molecule has 1 aliphatic rings. The van der Waals surface area contributed by atoms with Crippen molar-refractivity contribution in [2.75, 3.05) is 18.4 Å². The molecule has 0 radical (unpaired) electrons. The fraction of sp³-hybridized carbons (Fsp3) is 0.409. The molecule has 0 unspecified atom stereocenters. The molecule has 1 saturated heterocycles. The summed E-state index contributed by atoms with van der Waals surface area (Å²) in [6.45, 7) is 1.78. The minimum Gasteiger partial charge on any atom is -0.343 e. The van der Waals surface area contributed by atoms with Crippen molar-refractivity contribution in [1.29, 1.82) is 0 Å². The molecule has 1 fully saturated rings. The Labute approximate surface area is 169 Å². The predicted octanol–water partition coefficient (Wildman–Crippen LogP) is 4.29. The van der Waals surface area contributed by atoms with Gasteiger partial charge in [-0.15, -0.1) is 11.3 Å². The van der Waals surface area contributed by atoms with Crippen molar-refractivity contribution in [2.24, 2.45) is 0 Å².